The number of benzene rings is 3. The van der Waals surface area contributed by atoms with Crippen molar-refractivity contribution in [2.45, 2.75) is 29.6 Å². The minimum atomic E-state index is -4.03. The summed E-state index contributed by atoms with van der Waals surface area (Å²) in [6, 6.07) is 15.9. The van der Waals surface area contributed by atoms with Crippen molar-refractivity contribution < 1.29 is 21.8 Å². The second-order valence-electron chi connectivity index (χ2n) is 7.69. The molecule has 11 heteroatoms. The summed E-state index contributed by atoms with van der Waals surface area (Å²) in [5.41, 5.74) is 2.13. The molecule has 0 atom stereocenters. The number of aryl methyl sites for hydroxylation is 2. The molecule has 1 aliphatic heterocycles. The molecule has 1 aliphatic rings. The Balaban J connectivity index is 1.67. The first-order valence-electron chi connectivity index (χ1n) is 10.1. The van der Waals surface area contributed by atoms with Gasteiger partial charge in [-0.05, 0) is 61.7 Å². The summed E-state index contributed by atoms with van der Waals surface area (Å²) in [6.45, 7) is 2.15. The zero-order chi connectivity index (χ0) is 23.8. The predicted octanol–water partition coefficient (Wildman–Crippen LogP) is 3.85. The van der Waals surface area contributed by atoms with Gasteiger partial charge in [-0.2, -0.15) is 0 Å². The highest BCUT2D eigenvalue weighted by Gasteiger charge is 2.29. The Morgan fingerprint density at radius 1 is 0.909 bits per heavy atom. The molecule has 0 saturated carbocycles. The van der Waals surface area contributed by atoms with Crippen LogP contribution in [0.3, 0.4) is 0 Å². The van der Waals surface area contributed by atoms with Gasteiger partial charge in [0.15, 0.2) is 0 Å². The molecule has 33 heavy (non-hydrogen) atoms. The standard InChI is InChI=1S/C22H21N3O6S2/c1-16-4-10-21(11-5-16)33(30,31)24-14-2-3-17-6-7-18(15-22(17)24)23-32(28,29)20-12-8-19(9-13-20)25(26)27/h4-13,15,23H,2-3,14H2,1H3. The van der Waals surface area contributed by atoms with E-state index in [0.717, 1.165) is 35.4 Å². The smallest absolute Gasteiger partial charge is 0.269 e. The number of hydrogen-bond acceptors (Lipinski definition) is 6. The number of nitrogens with one attached hydrogen (secondary N) is 1. The average molecular weight is 488 g/mol. The molecule has 0 amide bonds. The number of rotatable bonds is 6. The Bertz CT molecular complexity index is 1420. The largest absolute Gasteiger partial charge is 0.280 e. The van der Waals surface area contributed by atoms with Crippen LogP contribution in [0.2, 0.25) is 0 Å². The SMILES string of the molecule is Cc1ccc(S(=O)(=O)N2CCCc3ccc(NS(=O)(=O)c4ccc([N+](=O)[O-])cc4)cc32)cc1. The third-order valence-electron chi connectivity index (χ3n) is 5.38. The van der Waals surface area contributed by atoms with E-state index < -0.39 is 25.0 Å². The van der Waals surface area contributed by atoms with Crippen LogP contribution < -0.4 is 9.03 Å². The topological polar surface area (TPSA) is 127 Å². The lowest BCUT2D eigenvalue weighted by molar-refractivity contribution is -0.384. The number of nitro benzene ring substituents is 1. The van der Waals surface area contributed by atoms with Gasteiger partial charge in [-0.3, -0.25) is 19.1 Å². The highest BCUT2D eigenvalue weighted by Crippen LogP contribution is 2.35. The molecule has 0 bridgehead atoms. The van der Waals surface area contributed by atoms with Crippen molar-refractivity contribution in [3.05, 3.63) is 88.0 Å². The Hall–Kier alpha value is -3.44. The van der Waals surface area contributed by atoms with Crippen LogP contribution in [-0.4, -0.2) is 28.3 Å². The first kappa shape index (κ1) is 22.7. The normalized spacial score (nSPS) is 13.9. The molecule has 0 aliphatic carbocycles. The van der Waals surface area contributed by atoms with E-state index in [0.29, 0.717) is 18.5 Å². The van der Waals surface area contributed by atoms with E-state index >= 15 is 0 Å². The Labute approximate surface area is 191 Å². The summed E-state index contributed by atoms with van der Waals surface area (Å²) in [4.78, 5) is 10.2. The first-order valence-corrected chi connectivity index (χ1v) is 13.0. The van der Waals surface area contributed by atoms with Gasteiger partial charge in [0.05, 0.1) is 26.1 Å². The van der Waals surface area contributed by atoms with Crippen LogP contribution in [0.25, 0.3) is 0 Å². The molecular weight excluding hydrogens is 466 g/mol. The van der Waals surface area contributed by atoms with Crippen molar-refractivity contribution in [1.82, 2.24) is 0 Å². The molecule has 0 saturated heterocycles. The van der Waals surface area contributed by atoms with Gasteiger partial charge in [-0.25, -0.2) is 16.8 Å². The van der Waals surface area contributed by atoms with Gasteiger partial charge in [0.1, 0.15) is 0 Å². The molecule has 3 aromatic rings. The van der Waals surface area contributed by atoms with E-state index in [9.17, 15) is 26.9 Å². The second-order valence-corrected chi connectivity index (χ2v) is 11.2. The molecule has 0 fully saturated rings. The van der Waals surface area contributed by atoms with Crippen LogP contribution in [0.15, 0.2) is 76.5 Å². The van der Waals surface area contributed by atoms with Gasteiger partial charge in [0, 0.05) is 18.7 Å². The molecule has 0 unspecified atom stereocenters. The van der Waals surface area contributed by atoms with Crippen LogP contribution in [0.4, 0.5) is 17.1 Å². The second kappa shape index (κ2) is 8.49. The number of nitrogens with zero attached hydrogens (tertiary/aromatic N) is 2. The lowest BCUT2D eigenvalue weighted by atomic mass is 10.0. The fourth-order valence-electron chi connectivity index (χ4n) is 3.65. The maximum absolute atomic E-state index is 13.3. The Morgan fingerprint density at radius 3 is 2.18 bits per heavy atom. The number of anilines is 2. The molecule has 4 rings (SSSR count). The maximum atomic E-state index is 13.3. The molecule has 0 radical (unpaired) electrons. The highest BCUT2D eigenvalue weighted by atomic mass is 32.2. The minimum absolute atomic E-state index is 0.144. The van der Waals surface area contributed by atoms with Crippen LogP contribution in [0.1, 0.15) is 17.5 Å². The summed E-state index contributed by atoms with van der Waals surface area (Å²) in [7, 11) is -7.86. The van der Waals surface area contributed by atoms with Crippen LogP contribution in [0, 0.1) is 17.0 Å². The number of non-ortho nitro benzene ring substituents is 1. The number of fused-ring (bicyclic) bond motifs is 1. The summed E-state index contributed by atoms with van der Waals surface area (Å²) >= 11 is 0. The third-order valence-corrected chi connectivity index (χ3v) is 8.60. The third kappa shape index (κ3) is 4.55. The fourth-order valence-corrected chi connectivity index (χ4v) is 6.24. The molecule has 9 nitrogen and oxygen atoms in total. The van der Waals surface area contributed by atoms with Crippen molar-refractivity contribution >= 4 is 37.1 Å². The van der Waals surface area contributed by atoms with Gasteiger partial charge in [0.2, 0.25) is 0 Å². The summed E-state index contributed by atoms with van der Waals surface area (Å²) < 4.78 is 55.9. The lowest BCUT2D eigenvalue weighted by Crippen LogP contribution is -2.35. The van der Waals surface area contributed by atoms with Crippen LogP contribution >= 0.6 is 0 Å². The highest BCUT2D eigenvalue weighted by molar-refractivity contribution is 7.93. The van der Waals surface area contributed by atoms with E-state index in [1.165, 1.54) is 10.4 Å². The van der Waals surface area contributed by atoms with E-state index in [1.54, 1.807) is 36.4 Å². The summed E-state index contributed by atoms with van der Waals surface area (Å²) in [6.07, 6.45) is 1.32. The zero-order valence-corrected chi connectivity index (χ0v) is 19.3. The zero-order valence-electron chi connectivity index (χ0n) is 17.6. The van der Waals surface area contributed by atoms with E-state index in [4.69, 9.17) is 0 Å². The predicted molar refractivity (Wildman–Crippen MR) is 124 cm³/mol. The van der Waals surface area contributed by atoms with Crippen molar-refractivity contribution in [3.8, 4) is 0 Å². The van der Waals surface area contributed by atoms with Gasteiger partial charge in [-0.1, -0.05) is 23.8 Å². The van der Waals surface area contributed by atoms with Gasteiger partial charge < -0.3 is 0 Å². The van der Waals surface area contributed by atoms with Gasteiger partial charge in [-0.15, -0.1) is 0 Å². The number of nitro groups is 1. The minimum Gasteiger partial charge on any atom is -0.280 e. The molecule has 3 aromatic carbocycles. The summed E-state index contributed by atoms with van der Waals surface area (Å²) in [5.74, 6) is 0. The lowest BCUT2D eigenvalue weighted by Gasteiger charge is -2.31. The molecule has 0 spiro atoms. The molecule has 1 N–H and O–H groups in total. The number of sulfonamides is 2. The molecular formula is C22H21N3O6S2. The van der Waals surface area contributed by atoms with E-state index in [-0.39, 0.29) is 27.7 Å². The van der Waals surface area contributed by atoms with Crippen LogP contribution in [0.5, 0.6) is 0 Å². The van der Waals surface area contributed by atoms with Crippen LogP contribution in [-0.2, 0) is 26.5 Å². The molecule has 0 aromatic heterocycles. The van der Waals surface area contributed by atoms with Crippen molar-refractivity contribution in [3.63, 3.8) is 0 Å². The quantitative estimate of drug-likeness (QED) is 0.416. The Kier molecular flexibility index (Phi) is 5.85. The first-order chi connectivity index (χ1) is 15.6. The van der Waals surface area contributed by atoms with Gasteiger partial charge >= 0.3 is 0 Å². The average Bonchev–Trinajstić information content (AvgIpc) is 2.78. The van der Waals surface area contributed by atoms with E-state index in [2.05, 4.69) is 4.72 Å². The van der Waals surface area contributed by atoms with Crippen molar-refractivity contribution in [2.24, 2.45) is 0 Å². The molecule has 172 valence electrons. The molecule has 1 heterocycles. The van der Waals surface area contributed by atoms with E-state index in [1.807, 2.05) is 6.92 Å². The van der Waals surface area contributed by atoms with Gasteiger partial charge in [0.25, 0.3) is 25.7 Å². The maximum Gasteiger partial charge on any atom is 0.269 e. The Morgan fingerprint density at radius 2 is 1.55 bits per heavy atom. The fraction of sp³-hybridized carbons (Fsp3) is 0.182. The summed E-state index contributed by atoms with van der Waals surface area (Å²) in [5, 5.41) is 10.8. The monoisotopic (exact) mass is 487 g/mol. The number of hydrogen-bond donors (Lipinski definition) is 1. The van der Waals surface area contributed by atoms with Crippen molar-refractivity contribution in [1.29, 1.82) is 0 Å². The van der Waals surface area contributed by atoms with Crippen molar-refractivity contribution in [2.75, 3.05) is 15.6 Å².